The van der Waals surface area contributed by atoms with Crippen LogP contribution < -0.4 is 5.32 Å². The van der Waals surface area contributed by atoms with Crippen molar-refractivity contribution in [3.05, 3.63) is 75.8 Å². The number of thioether (sulfide) groups is 1. The predicted molar refractivity (Wildman–Crippen MR) is 157 cm³/mol. The van der Waals surface area contributed by atoms with Crippen molar-refractivity contribution in [2.24, 2.45) is 5.92 Å². The van der Waals surface area contributed by atoms with Crippen LogP contribution in [-0.4, -0.2) is 62.6 Å². The molecule has 2 aliphatic heterocycles. The van der Waals surface area contributed by atoms with E-state index in [2.05, 4.69) is 22.4 Å². The molecule has 2 saturated heterocycles. The maximum Gasteiger partial charge on any atom is 0.471 e. The molecule has 44 heavy (non-hydrogen) atoms. The summed E-state index contributed by atoms with van der Waals surface area (Å²) in [4.78, 5) is 25.0. The summed E-state index contributed by atoms with van der Waals surface area (Å²) in [6.07, 6.45) is -5.64. The van der Waals surface area contributed by atoms with Crippen LogP contribution in [0.1, 0.15) is 59.4 Å². The number of benzene rings is 2. The van der Waals surface area contributed by atoms with Crippen LogP contribution >= 0.6 is 23.1 Å². The Morgan fingerprint density at radius 1 is 1.07 bits per heavy atom. The number of carbonyl (C=O) groups is 2. The average Bonchev–Trinajstić information content (AvgIpc) is 3.68. The fourth-order valence-corrected chi connectivity index (χ4v) is 7.35. The number of hydrogen-bond acceptors (Lipinski definition) is 9. The normalized spacial score (nSPS) is 24.0. The number of nitrogens with zero attached hydrogens (tertiary/aromatic N) is 3. The predicted octanol–water partition coefficient (Wildman–Crippen LogP) is 5.09. The summed E-state index contributed by atoms with van der Waals surface area (Å²) in [6, 6.07) is 13.8. The van der Waals surface area contributed by atoms with Crippen molar-refractivity contribution in [2.75, 3.05) is 12.3 Å². The van der Waals surface area contributed by atoms with Crippen LogP contribution in [0.4, 0.5) is 13.2 Å². The number of aromatic nitrogens is 2. The number of aliphatic hydroxyl groups excluding tert-OH is 1. The Bertz CT molecular complexity index is 1440. The van der Waals surface area contributed by atoms with Gasteiger partial charge in [-0.15, -0.1) is 10.2 Å². The smallest absolute Gasteiger partial charge is 0.392 e. The lowest BCUT2D eigenvalue weighted by atomic mass is 9.91. The summed E-state index contributed by atoms with van der Waals surface area (Å²) < 4.78 is 52.6. The molecule has 9 nitrogen and oxygen atoms in total. The zero-order valence-electron chi connectivity index (χ0n) is 24.1. The molecule has 2 aromatic carbocycles. The average molecular weight is 651 g/mol. The third-order valence-corrected chi connectivity index (χ3v) is 9.84. The minimum absolute atomic E-state index is 0.00149. The summed E-state index contributed by atoms with van der Waals surface area (Å²) in [5.41, 5.74) is 3.27. The van der Waals surface area contributed by atoms with Gasteiger partial charge in [-0.1, -0.05) is 78.6 Å². The Labute approximate surface area is 261 Å². The largest absolute Gasteiger partial charge is 0.471 e. The minimum atomic E-state index is -5.02. The quantitative estimate of drug-likeness (QED) is 0.308. The number of hydrogen-bond donors (Lipinski definition) is 2. The van der Waals surface area contributed by atoms with Gasteiger partial charge in [0.2, 0.25) is 5.91 Å². The second-order valence-electron chi connectivity index (χ2n) is 10.8. The van der Waals surface area contributed by atoms with Gasteiger partial charge in [0, 0.05) is 30.3 Å². The number of halogens is 3. The van der Waals surface area contributed by atoms with Crippen LogP contribution in [-0.2, 0) is 32.2 Å². The fraction of sp³-hybridized carbons (Fsp3) is 0.467. The number of aliphatic hydroxyl groups is 1. The molecule has 0 spiro atoms. The Hall–Kier alpha value is -3.04. The van der Waals surface area contributed by atoms with Gasteiger partial charge < -0.3 is 24.8 Å². The van der Waals surface area contributed by atoms with Gasteiger partial charge in [-0.25, -0.2) is 0 Å². The topological polar surface area (TPSA) is 114 Å². The number of aryl methyl sites for hydroxylation is 1. The molecule has 236 valence electrons. The monoisotopic (exact) mass is 650 g/mol. The summed E-state index contributed by atoms with van der Waals surface area (Å²) in [7, 11) is 0. The van der Waals surface area contributed by atoms with Gasteiger partial charge >= 0.3 is 12.1 Å². The van der Waals surface area contributed by atoms with Gasteiger partial charge in [0.15, 0.2) is 10.6 Å². The summed E-state index contributed by atoms with van der Waals surface area (Å²) in [5.74, 6) is -1.96. The first-order valence-electron chi connectivity index (χ1n) is 14.2. The minimum Gasteiger partial charge on any atom is -0.392 e. The zero-order valence-corrected chi connectivity index (χ0v) is 25.8. The maximum absolute atomic E-state index is 12.9. The Morgan fingerprint density at radius 3 is 2.39 bits per heavy atom. The number of nitrogens with one attached hydrogen (secondary N) is 1. The van der Waals surface area contributed by atoms with Crippen LogP contribution in [0.3, 0.4) is 0 Å². The van der Waals surface area contributed by atoms with Crippen molar-refractivity contribution in [2.45, 2.75) is 74.9 Å². The highest BCUT2D eigenvalue weighted by Crippen LogP contribution is 2.43. The summed E-state index contributed by atoms with van der Waals surface area (Å²) in [5, 5.41) is 21.3. The second-order valence-corrected chi connectivity index (χ2v) is 13.3. The highest BCUT2D eigenvalue weighted by Gasteiger charge is 2.47. The molecule has 3 heterocycles. The van der Waals surface area contributed by atoms with E-state index in [0.717, 1.165) is 31.6 Å². The molecule has 0 aliphatic carbocycles. The Morgan fingerprint density at radius 2 is 1.75 bits per heavy atom. The molecule has 5 unspecified atom stereocenters. The Balaban J connectivity index is 1.26. The number of ether oxygens (including phenoxy) is 2. The highest BCUT2D eigenvalue weighted by atomic mass is 32.2. The first kappa shape index (κ1) is 32.4. The van der Waals surface area contributed by atoms with Gasteiger partial charge in [0.05, 0.1) is 18.8 Å². The highest BCUT2D eigenvalue weighted by molar-refractivity contribution is 8.01. The van der Waals surface area contributed by atoms with Gasteiger partial charge in [-0.3, -0.25) is 9.59 Å². The van der Waals surface area contributed by atoms with Crippen LogP contribution in [0.25, 0.3) is 0 Å². The number of likely N-dealkylation sites (tertiary alicyclic amines) is 1. The molecule has 5 rings (SSSR count). The molecular formula is C30H33F3N4O5S2. The van der Waals surface area contributed by atoms with Crippen molar-refractivity contribution in [3.63, 3.8) is 0 Å². The SMILES string of the molecule is Cc1nnc(SCC2OC(c3ccc(CNC(=O)C4CCCN4C(=O)C(F)(F)F)cc3)OC(c3ccc(CO)cc3)C2C)s1. The molecular weight excluding hydrogens is 617 g/mol. The first-order chi connectivity index (χ1) is 21.0. The van der Waals surface area contributed by atoms with Gasteiger partial charge in [-0.05, 0) is 36.5 Å². The lowest BCUT2D eigenvalue weighted by Gasteiger charge is -2.41. The fourth-order valence-electron chi connectivity index (χ4n) is 5.34. The standard InChI is InChI=1S/C30H33F3N4O5S2/c1-17-24(16-43-29-36-35-18(2)44-29)41-27(42-25(17)21-9-7-20(15-38)8-10-21)22-11-5-19(6-12-22)14-34-26(39)23-4-3-13-37(23)28(40)30(31,32)33/h5-12,17,23-25,27,38H,3-4,13-16H2,1-2H3,(H,34,39). The van der Waals surface area contributed by atoms with E-state index in [9.17, 15) is 27.9 Å². The molecule has 2 amide bonds. The summed E-state index contributed by atoms with van der Waals surface area (Å²) >= 11 is 3.11. The number of amides is 2. The molecule has 14 heteroatoms. The number of alkyl halides is 3. The molecule has 3 aromatic rings. The van der Waals surface area contributed by atoms with Crippen LogP contribution in [0.2, 0.25) is 0 Å². The first-order valence-corrected chi connectivity index (χ1v) is 16.0. The van der Waals surface area contributed by atoms with Crippen molar-refractivity contribution in [1.82, 2.24) is 20.4 Å². The zero-order chi connectivity index (χ0) is 31.4. The second kappa shape index (κ2) is 13.9. The molecule has 0 saturated carbocycles. The molecule has 5 atom stereocenters. The molecule has 2 fully saturated rings. The van der Waals surface area contributed by atoms with Gasteiger partial charge in [-0.2, -0.15) is 13.2 Å². The van der Waals surface area contributed by atoms with Gasteiger partial charge in [0.25, 0.3) is 0 Å². The van der Waals surface area contributed by atoms with Crippen LogP contribution in [0.15, 0.2) is 52.9 Å². The molecule has 2 N–H and O–H groups in total. The van der Waals surface area contributed by atoms with E-state index in [1.807, 2.05) is 43.3 Å². The van der Waals surface area contributed by atoms with E-state index in [1.165, 1.54) is 11.3 Å². The maximum atomic E-state index is 12.9. The van der Waals surface area contributed by atoms with E-state index in [0.29, 0.717) is 17.1 Å². The van der Waals surface area contributed by atoms with Crippen molar-refractivity contribution in [3.8, 4) is 0 Å². The Kier molecular flexibility index (Phi) is 10.3. The van der Waals surface area contributed by atoms with Crippen molar-refractivity contribution >= 4 is 34.9 Å². The summed E-state index contributed by atoms with van der Waals surface area (Å²) in [6.45, 7) is 3.93. The third kappa shape index (κ3) is 7.60. The number of rotatable bonds is 9. The lowest BCUT2D eigenvalue weighted by Crippen LogP contribution is -2.50. The molecule has 1 aromatic heterocycles. The van der Waals surface area contributed by atoms with E-state index in [4.69, 9.17) is 9.47 Å². The van der Waals surface area contributed by atoms with Crippen molar-refractivity contribution in [1.29, 1.82) is 0 Å². The van der Waals surface area contributed by atoms with Crippen molar-refractivity contribution < 1.29 is 37.3 Å². The van der Waals surface area contributed by atoms with E-state index in [-0.39, 0.29) is 44.2 Å². The molecule has 0 bridgehead atoms. The van der Waals surface area contributed by atoms with E-state index >= 15 is 0 Å². The molecule has 0 radical (unpaired) electrons. The molecule has 2 aliphatic rings. The third-order valence-electron chi connectivity index (χ3n) is 7.78. The lowest BCUT2D eigenvalue weighted by molar-refractivity contribution is -0.268. The van der Waals surface area contributed by atoms with Crippen LogP contribution in [0.5, 0.6) is 0 Å². The van der Waals surface area contributed by atoms with Gasteiger partial charge in [0.1, 0.15) is 11.0 Å². The number of carbonyl (C=O) groups excluding carboxylic acids is 2. The van der Waals surface area contributed by atoms with E-state index in [1.54, 1.807) is 23.9 Å². The van der Waals surface area contributed by atoms with E-state index < -0.39 is 30.3 Å². The van der Waals surface area contributed by atoms with Crippen LogP contribution in [0, 0.1) is 12.8 Å².